The molecule has 8 aromatic heterocycles. The fourth-order valence-corrected chi connectivity index (χ4v) is 17.4. The number of hydrogen-bond acceptors (Lipinski definition) is 4. The van der Waals surface area contributed by atoms with Crippen molar-refractivity contribution < 1.29 is 0 Å². The molecule has 0 aliphatic rings. The van der Waals surface area contributed by atoms with Gasteiger partial charge in [-0.15, -0.1) is 0 Å². The lowest BCUT2D eigenvalue weighted by Crippen LogP contribution is -2.54. The third kappa shape index (κ3) is 8.02. The van der Waals surface area contributed by atoms with Crippen LogP contribution in [0, 0.1) is 20.8 Å². The van der Waals surface area contributed by atoms with Crippen LogP contribution in [0.15, 0.2) is 304 Å². The topological polar surface area (TPSA) is 81.1 Å². The summed E-state index contributed by atoms with van der Waals surface area (Å²) in [6.07, 6.45) is 7.87. The van der Waals surface area contributed by atoms with Gasteiger partial charge >= 0.3 is 0 Å². The lowest BCUT2D eigenvalue weighted by atomic mass is 9.35. The molecule has 0 unspecified atom stereocenters. The van der Waals surface area contributed by atoms with E-state index in [0.717, 1.165) is 99.7 Å². The average molecular weight is 1280 g/mol. The number of aryl methyl sites for hydroxylation is 3. The summed E-state index contributed by atoms with van der Waals surface area (Å²) >= 11 is 0. The number of nitrogens with zero attached hydrogens (tertiary/aromatic N) is 10. The first-order valence-corrected chi connectivity index (χ1v) is 34.2. The van der Waals surface area contributed by atoms with Crippen molar-refractivity contribution in [3.05, 3.63) is 321 Å². The van der Waals surface area contributed by atoms with Gasteiger partial charge in [0.15, 0.2) is 0 Å². The Bertz CT molecular complexity index is 6490. The van der Waals surface area contributed by atoms with Gasteiger partial charge in [0.1, 0.15) is 0 Å². The summed E-state index contributed by atoms with van der Waals surface area (Å²) in [4.78, 5) is 20.8. The molecule has 0 radical (unpaired) electrons. The van der Waals surface area contributed by atoms with Crippen LogP contribution in [0.4, 0.5) is 0 Å². The van der Waals surface area contributed by atoms with Gasteiger partial charge in [-0.05, 0) is 118 Å². The van der Waals surface area contributed by atoms with Crippen LogP contribution in [-0.4, -0.2) is 54.1 Å². The molecule has 10 nitrogen and oxygen atoms in total. The summed E-state index contributed by atoms with van der Waals surface area (Å²) in [6, 6.07) is 102. The Labute approximate surface area is 573 Å². The molecule has 0 saturated heterocycles. The third-order valence-corrected chi connectivity index (χ3v) is 21.2. The number of benzene rings is 13. The van der Waals surface area contributed by atoms with E-state index in [9.17, 15) is 0 Å². The molecular weight excluding hydrogens is 1220 g/mol. The summed E-state index contributed by atoms with van der Waals surface area (Å²) in [7, 11) is 0. The largest absolute Gasteiger partial charge is 0.309 e. The Hall–Kier alpha value is -13.1. The van der Waals surface area contributed by atoms with Crippen LogP contribution >= 0.6 is 0 Å². The quantitative estimate of drug-likeness (QED) is 0.135. The summed E-state index contributed by atoms with van der Waals surface area (Å²) in [5, 5.41) is 14.2. The Morgan fingerprint density at radius 2 is 0.490 bits per heavy atom. The second-order valence-electron chi connectivity index (χ2n) is 26.8. The van der Waals surface area contributed by atoms with Crippen molar-refractivity contribution >= 4 is 154 Å². The van der Waals surface area contributed by atoms with Gasteiger partial charge in [0.25, 0.3) is 0 Å². The Morgan fingerprint density at radius 1 is 0.230 bits per heavy atom. The second kappa shape index (κ2) is 21.4. The predicted molar refractivity (Wildman–Crippen MR) is 415 cm³/mol. The molecule has 0 saturated carbocycles. The molecule has 468 valence electrons. The van der Waals surface area contributed by atoms with Gasteiger partial charge < -0.3 is 18.3 Å². The van der Waals surface area contributed by atoms with E-state index in [4.69, 9.17) is 19.9 Å². The molecule has 0 aliphatic carbocycles. The van der Waals surface area contributed by atoms with Gasteiger partial charge in [-0.1, -0.05) is 215 Å². The fourth-order valence-electron chi connectivity index (χ4n) is 17.4. The first-order chi connectivity index (χ1) is 49.4. The monoisotopic (exact) mass is 1280 g/mol. The molecule has 0 bridgehead atoms. The molecule has 0 amide bonds. The fraction of sp³-hybridized carbons (Fsp3) is 0.0337. The van der Waals surface area contributed by atoms with Crippen LogP contribution in [0.25, 0.3) is 165 Å². The van der Waals surface area contributed by atoms with E-state index in [1.165, 1.54) is 86.9 Å². The van der Waals surface area contributed by atoms with Gasteiger partial charge in [0.2, 0.25) is 18.6 Å². The molecule has 13 aromatic carbocycles. The third-order valence-electron chi connectivity index (χ3n) is 21.2. The minimum absolute atomic E-state index is 0.126. The van der Waals surface area contributed by atoms with Crippen molar-refractivity contribution in [3.8, 4) is 34.6 Å². The van der Waals surface area contributed by atoms with E-state index >= 15 is 0 Å². The maximum absolute atomic E-state index is 5.20. The predicted octanol–water partition coefficient (Wildman–Crippen LogP) is 19.3. The molecule has 21 aromatic rings. The SMILES string of the molecule is Cc1cc(C)c(B(c2cccc(-n3c4ccccc4c4c5c6ccccc6n(-c6ncc(-n7c8ccccc8c8ccccc87)cn6)c5ccc43)c2)c2cccc(-n3c4ccccc4c4c5c6ccccc6n(-c6ncc(-n7c8ccccc8c8ccccc87)cn6)c5ccc43)c2)c(C)c1. The zero-order valence-corrected chi connectivity index (χ0v) is 54.9. The van der Waals surface area contributed by atoms with E-state index in [-0.39, 0.29) is 6.71 Å². The Morgan fingerprint density at radius 3 is 0.810 bits per heavy atom. The highest BCUT2D eigenvalue weighted by Gasteiger charge is 2.30. The van der Waals surface area contributed by atoms with Gasteiger partial charge in [0, 0.05) is 76.0 Å². The van der Waals surface area contributed by atoms with E-state index in [0.29, 0.717) is 11.9 Å². The molecule has 11 heteroatoms. The molecule has 0 spiro atoms. The van der Waals surface area contributed by atoms with Gasteiger partial charge in [0.05, 0.1) is 102 Å². The van der Waals surface area contributed by atoms with Gasteiger partial charge in [-0.2, -0.15) is 0 Å². The number of hydrogen-bond donors (Lipinski definition) is 0. The lowest BCUT2D eigenvalue weighted by molar-refractivity contribution is 0.968. The highest BCUT2D eigenvalue weighted by atomic mass is 15.2. The molecule has 0 fully saturated rings. The van der Waals surface area contributed by atoms with Gasteiger partial charge in [-0.3, -0.25) is 9.13 Å². The van der Waals surface area contributed by atoms with Crippen molar-refractivity contribution in [2.75, 3.05) is 0 Å². The first-order valence-electron chi connectivity index (χ1n) is 34.2. The maximum atomic E-state index is 5.20. The molecule has 0 atom stereocenters. The number of rotatable bonds is 9. The van der Waals surface area contributed by atoms with E-state index in [1.54, 1.807) is 0 Å². The highest BCUT2D eigenvalue weighted by molar-refractivity contribution is 6.96. The minimum Gasteiger partial charge on any atom is -0.309 e. The molecule has 100 heavy (non-hydrogen) atoms. The van der Waals surface area contributed by atoms with E-state index in [1.807, 2.05) is 24.8 Å². The summed E-state index contributed by atoms with van der Waals surface area (Å²) in [5.41, 5.74) is 24.7. The van der Waals surface area contributed by atoms with Crippen molar-refractivity contribution in [3.63, 3.8) is 0 Å². The van der Waals surface area contributed by atoms with Crippen molar-refractivity contribution in [2.45, 2.75) is 20.8 Å². The standard InChI is InChI=1S/C89H59BN10/c1-54-46-55(2)87(56(3)47-54)90(57-22-20-24-59(48-57)95-75-38-16-8-30-67(75)83-79(95)42-44-81-85(83)69-32-10-18-40-77(69)99(81)88-91-50-61(51-92-88)97-71-34-12-4-26-63(71)64-27-5-13-35-72(64)97)58-23-21-25-60(49-58)96-76-39-17-9-31-68(76)84-80(96)43-45-82-86(84)70-33-11-19-41-78(70)100(82)89-93-52-62(53-94-89)98-73-36-14-6-28-65(73)66-29-7-15-37-74(66)98/h4-53H,1-3H3. The zero-order valence-electron chi connectivity index (χ0n) is 54.9. The van der Waals surface area contributed by atoms with Crippen LogP contribution in [-0.2, 0) is 0 Å². The molecular formula is C89H59BN10. The van der Waals surface area contributed by atoms with Crippen LogP contribution < -0.4 is 16.4 Å². The summed E-state index contributed by atoms with van der Waals surface area (Å²) in [6.45, 7) is 6.66. The van der Waals surface area contributed by atoms with Crippen LogP contribution in [0.2, 0.25) is 0 Å². The minimum atomic E-state index is -0.126. The normalized spacial score (nSPS) is 12.2. The van der Waals surface area contributed by atoms with Crippen LogP contribution in [0.3, 0.4) is 0 Å². The van der Waals surface area contributed by atoms with Crippen molar-refractivity contribution in [1.82, 2.24) is 47.3 Å². The maximum Gasteiger partial charge on any atom is 0.242 e. The Balaban J connectivity index is 0.704. The smallest absolute Gasteiger partial charge is 0.242 e. The molecule has 8 heterocycles. The average Bonchev–Trinajstić information content (AvgIpc) is 1.56. The second-order valence-corrected chi connectivity index (χ2v) is 26.8. The van der Waals surface area contributed by atoms with Gasteiger partial charge in [-0.25, -0.2) is 19.9 Å². The molecule has 21 rings (SSSR count). The number of aromatic nitrogens is 10. The van der Waals surface area contributed by atoms with Crippen molar-refractivity contribution in [1.29, 1.82) is 0 Å². The summed E-state index contributed by atoms with van der Waals surface area (Å²) < 4.78 is 14.0. The van der Waals surface area contributed by atoms with E-state index < -0.39 is 0 Å². The number of para-hydroxylation sites is 8. The zero-order chi connectivity index (χ0) is 66.0. The molecule has 0 N–H and O–H groups in total. The van der Waals surface area contributed by atoms with Crippen LogP contribution in [0.1, 0.15) is 16.7 Å². The molecule has 0 aliphatic heterocycles. The van der Waals surface area contributed by atoms with Crippen LogP contribution in [0.5, 0.6) is 0 Å². The summed E-state index contributed by atoms with van der Waals surface area (Å²) in [5.74, 6) is 1.24. The number of fused-ring (bicyclic) bond motifs is 20. The Kier molecular flexibility index (Phi) is 12.0. The first kappa shape index (κ1) is 56.1. The van der Waals surface area contributed by atoms with E-state index in [2.05, 4.69) is 327 Å². The lowest BCUT2D eigenvalue weighted by Gasteiger charge is -2.23. The highest BCUT2D eigenvalue weighted by Crippen LogP contribution is 2.45. The van der Waals surface area contributed by atoms with Crippen molar-refractivity contribution in [2.24, 2.45) is 0 Å².